The fourth-order valence-corrected chi connectivity index (χ4v) is 8.17. The Hall–Kier alpha value is -6.13. The number of carbonyl (C=O) groups is 6. The zero-order chi connectivity index (χ0) is 38.2. The van der Waals surface area contributed by atoms with Crippen molar-refractivity contribution in [1.82, 2.24) is 30.3 Å². The van der Waals surface area contributed by atoms with Crippen LogP contribution in [0.2, 0.25) is 0 Å². The SMILES string of the molecule is NC(=O)c1nnc(N2CCCCC2)nc1Nc1ccc(N2CCN(C(=O)C3CCN(c4ccc5c(c4)C(=O)N(C4CCC(=O)NC4=O)C5=O)CC3)CC2)cc1. The molecule has 17 heteroatoms. The number of piperidine rings is 3. The number of nitrogens with one attached hydrogen (secondary N) is 2. The van der Waals surface area contributed by atoms with Gasteiger partial charge in [-0.05, 0) is 81.0 Å². The molecule has 0 aliphatic carbocycles. The molecule has 0 saturated carbocycles. The minimum atomic E-state index is -1.01. The van der Waals surface area contributed by atoms with Crippen LogP contribution in [-0.2, 0) is 14.4 Å². The van der Waals surface area contributed by atoms with Crippen molar-refractivity contribution in [2.24, 2.45) is 11.7 Å². The van der Waals surface area contributed by atoms with Crippen LogP contribution in [0.15, 0.2) is 42.5 Å². The van der Waals surface area contributed by atoms with E-state index in [-0.39, 0.29) is 47.3 Å². The molecule has 0 spiro atoms. The number of imide groups is 2. The molecule has 4 fully saturated rings. The van der Waals surface area contributed by atoms with Crippen molar-refractivity contribution in [2.75, 3.05) is 72.4 Å². The number of anilines is 5. The predicted molar refractivity (Wildman–Crippen MR) is 201 cm³/mol. The third-order valence-electron chi connectivity index (χ3n) is 11.3. The molecular weight excluding hydrogens is 706 g/mol. The van der Waals surface area contributed by atoms with Gasteiger partial charge in [0.25, 0.3) is 17.7 Å². The highest BCUT2D eigenvalue weighted by molar-refractivity contribution is 6.23. The molecule has 4 saturated heterocycles. The van der Waals surface area contributed by atoms with E-state index < -0.39 is 35.6 Å². The fraction of sp³-hybridized carbons (Fsp3) is 0.447. The van der Waals surface area contributed by atoms with Gasteiger partial charge >= 0.3 is 0 Å². The number of carbonyl (C=O) groups excluding carboxylic acids is 6. The number of nitrogens with zero attached hydrogens (tertiary/aromatic N) is 8. The predicted octanol–water partition coefficient (Wildman–Crippen LogP) is 1.67. The van der Waals surface area contributed by atoms with Crippen molar-refractivity contribution in [3.05, 3.63) is 59.3 Å². The van der Waals surface area contributed by atoms with Crippen LogP contribution in [0.25, 0.3) is 0 Å². The van der Waals surface area contributed by atoms with E-state index in [2.05, 4.69) is 40.5 Å². The highest BCUT2D eigenvalue weighted by Gasteiger charge is 2.45. The summed E-state index contributed by atoms with van der Waals surface area (Å²) in [6, 6.07) is 11.9. The van der Waals surface area contributed by atoms with Gasteiger partial charge in [-0.15, -0.1) is 10.2 Å². The molecule has 286 valence electrons. The van der Waals surface area contributed by atoms with E-state index in [1.54, 1.807) is 18.2 Å². The van der Waals surface area contributed by atoms with Gasteiger partial charge in [0.2, 0.25) is 23.7 Å². The zero-order valence-electron chi connectivity index (χ0n) is 30.4. The molecule has 8 rings (SSSR count). The van der Waals surface area contributed by atoms with Crippen LogP contribution in [0.4, 0.5) is 28.8 Å². The van der Waals surface area contributed by atoms with Crippen LogP contribution in [0.3, 0.4) is 0 Å². The summed E-state index contributed by atoms with van der Waals surface area (Å²) in [5.41, 5.74) is 8.58. The monoisotopic (exact) mass is 749 g/mol. The number of amides is 6. The highest BCUT2D eigenvalue weighted by Crippen LogP contribution is 2.33. The summed E-state index contributed by atoms with van der Waals surface area (Å²) in [6.45, 7) is 5.53. The van der Waals surface area contributed by atoms with Gasteiger partial charge < -0.3 is 30.7 Å². The van der Waals surface area contributed by atoms with Crippen LogP contribution in [0, 0.1) is 5.92 Å². The summed E-state index contributed by atoms with van der Waals surface area (Å²) >= 11 is 0. The molecule has 5 aliphatic rings. The van der Waals surface area contributed by atoms with Crippen molar-refractivity contribution >= 4 is 64.3 Å². The quantitative estimate of drug-likeness (QED) is 0.281. The van der Waals surface area contributed by atoms with E-state index in [4.69, 9.17) is 5.73 Å². The normalized spacial score (nSPS) is 20.8. The van der Waals surface area contributed by atoms with Gasteiger partial charge in [0, 0.05) is 81.8 Å². The van der Waals surface area contributed by atoms with Gasteiger partial charge in [0.05, 0.1) is 11.1 Å². The molecule has 4 N–H and O–H groups in total. The summed E-state index contributed by atoms with van der Waals surface area (Å²) in [4.78, 5) is 90.1. The number of benzene rings is 2. The summed E-state index contributed by atoms with van der Waals surface area (Å²) in [5.74, 6) is -2.03. The first-order valence-corrected chi connectivity index (χ1v) is 19.0. The van der Waals surface area contributed by atoms with Crippen LogP contribution in [-0.4, -0.2) is 119 Å². The van der Waals surface area contributed by atoms with E-state index in [9.17, 15) is 28.8 Å². The third kappa shape index (κ3) is 7.13. The Balaban J connectivity index is 0.832. The fourth-order valence-electron chi connectivity index (χ4n) is 8.17. The van der Waals surface area contributed by atoms with Gasteiger partial charge in [-0.25, -0.2) is 0 Å². The first kappa shape index (κ1) is 35.9. The van der Waals surface area contributed by atoms with Crippen LogP contribution in [0.1, 0.15) is 76.2 Å². The molecule has 1 aromatic heterocycles. The second kappa shape index (κ2) is 14.9. The van der Waals surface area contributed by atoms with E-state index in [1.165, 1.54) is 6.42 Å². The van der Waals surface area contributed by atoms with Gasteiger partial charge in [-0.2, -0.15) is 4.98 Å². The molecule has 6 heterocycles. The number of hydrogen-bond donors (Lipinski definition) is 3. The lowest BCUT2D eigenvalue weighted by molar-refractivity contribution is -0.137. The van der Waals surface area contributed by atoms with E-state index in [1.807, 2.05) is 29.2 Å². The number of rotatable bonds is 8. The largest absolute Gasteiger partial charge is 0.371 e. The lowest BCUT2D eigenvalue weighted by Gasteiger charge is -2.39. The van der Waals surface area contributed by atoms with E-state index >= 15 is 0 Å². The maximum absolute atomic E-state index is 13.6. The Labute approximate surface area is 317 Å². The van der Waals surface area contributed by atoms with Crippen molar-refractivity contribution < 1.29 is 28.8 Å². The van der Waals surface area contributed by atoms with Crippen LogP contribution in [0.5, 0.6) is 0 Å². The number of fused-ring (bicyclic) bond motifs is 1. The Morgan fingerprint density at radius 3 is 2.09 bits per heavy atom. The molecule has 5 aliphatic heterocycles. The molecule has 3 aromatic rings. The van der Waals surface area contributed by atoms with Gasteiger partial charge in [0.15, 0.2) is 11.5 Å². The number of hydrogen-bond acceptors (Lipinski definition) is 13. The Kier molecular flexibility index (Phi) is 9.75. The summed E-state index contributed by atoms with van der Waals surface area (Å²) in [7, 11) is 0. The first-order chi connectivity index (χ1) is 26.6. The number of nitrogens with two attached hydrogens (primary N) is 1. The summed E-state index contributed by atoms with van der Waals surface area (Å²) in [5, 5.41) is 13.6. The van der Waals surface area contributed by atoms with Crippen molar-refractivity contribution in [1.29, 1.82) is 0 Å². The number of primary amides is 1. The van der Waals surface area contributed by atoms with Crippen LogP contribution < -0.4 is 31.1 Å². The van der Waals surface area contributed by atoms with Crippen LogP contribution >= 0.6 is 0 Å². The Bertz CT molecular complexity index is 2040. The second-order valence-electron chi connectivity index (χ2n) is 14.6. The minimum Gasteiger partial charge on any atom is -0.371 e. The Morgan fingerprint density at radius 2 is 1.40 bits per heavy atom. The number of aromatic nitrogens is 3. The summed E-state index contributed by atoms with van der Waals surface area (Å²) < 4.78 is 0. The van der Waals surface area contributed by atoms with Gasteiger partial charge in [-0.1, -0.05) is 0 Å². The minimum absolute atomic E-state index is 0.0196. The average Bonchev–Trinajstić information content (AvgIpc) is 3.46. The van der Waals surface area contributed by atoms with Crippen molar-refractivity contribution in [3.63, 3.8) is 0 Å². The van der Waals surface area contributed by atoms with E-state index in [0.29, 0.717) is 58.1 Å². The van der Waals surface area contributed by atoms with Crippen molar-refractivity contribution in [3.8, 4) is 0 Å². The first-order valence-electron chi connectivity index (χ1n) is 19.0. The maximum atomic E-state index is 13.6. The third-order valence-corrected chi connectivity index (χ3v) is 11.3. The molecular formula is C38H43N11O6. The Morgan fingerprint density at radius 1 is 0.727 bits per heavy atom. The molecule has 55 heavy (non-hydrogen) atoms. The lowest BCUT2D eigenvalue weighted by atomic mass is 9.94. The number of piperazine rings is 1. The van der Waals surface area contributed by atoms with Gasteiger partial charge in [-0.3, -0.25) is 39.0 Å². The summed E-state index contributed by atoms with van der Waals surface area (Å²) in [6.07, 6.45) is 4.78. The lowest BCUT2D eigenvalue weighted by Crippen LogP contribution is -2.54. The molecule has 0 radical (unpaired) electrons. The second-order valence-corrected chi connectivity index (χ2v) is 14.6. The van der Waals surface area contributed by atoms with E-state index in [0.717, 1.165) is 47.9 Å². The highest BCUT2D eigenvalue weighted by atomic mass is 16.2. The topological polar surface area (TPSA) is 207 Å². The molecule has 1 atom stereocenters. The van der Waals surface area contributed by atoms with Gasteiger partial charge in [0.1, 0.15) is 6.04 Å². The molecule has 1 unspecified atom stereocenters. The molecule has 2 aromatic carbocycles. The smallest absolute Gasteiger partial charge is 0.273 e. The zero-order valence-corrected chi connectivity index (χ0v) is 30.4. The maximum Gasteiger partial charge on any atom is 0.273 e. The molecule has 17 nitrogen and oxygen atoms in total. The van der Waals surface area contributed by atoms with Crippen molar-refractivity contribution in [2.45, 2.75) is 51.0 Å². The average molecular weight is 750 g/mol. The molecule has 6 amide bonds. The standard InChI is InChI=1S/C38H43N11O6/c39-32(51)31-33(42-38(44-43-31)48-14-2-1-3-15-48)40-24-4-6-25(7-5-24)46-18-20-47(21-19-46)35(53)23-12-16-45(17-13-23)26-8-9-27-28(22-26)37(55)49(36(27)54)29-10-11-30(50)41-34(29)52/h4-9,22-23,29H,1-3,10-21H2,(H2,39,51)(H,40,42,44)(H,41,50,52). The molecule has 0 bridgehead atoms.